The van der Waals surface area contributed by atoms with Gasteiger partial charge in [-0.1, -0.05) is 34.1 Å². The van der Waals surface area contributed by atoms with Gasteiger partial charge < -0.3 is 9.64 Å². The number of hydrogen-bond acceptors (Lipinski definition) is 3. The fourth-order valence-electron chi connectivity index (χ4n) is 2.18. The first kappa shape index (κ1) is 15.4. The molecule has 0 atom stereocenters. The van der Waals surface area contributed by atoms with Crippen LogP contribution in [0.15, 0.2) is 42.5 Å². The molecule has 21 heavy (non-hydrogen) atoms. The van der Waals surface area contributed by atoms with E-state index in [4.69, 9.17) is 4.74 Å². The summed E-state index contributed by atoms with van der Waals surface area (Å²) in [4.78, 5) is 2.08. The fraction of sp³-hybridized carbons (Fsp3) is 0.235. The Morgan fingerprint density at radius 3 is 2.38 bits per heavy atom. The highest BCUT2D eigenvalue weighted by atomic mass is 79.9. The molecule has 2 aromatic carbocycles. The van der Waals surface area contributed by atoms with Crippen LogP contribution in [-0.4, -0.2) is 14.2 Å². The third-order valence-electron chi connectivity index (χ3n) is 3.33. The normalized spacial score (nSPS) is 10.0. The second kappa shape index (κ2) is 7.14. The Balaban J connectivity index is 2.19. The third kappa shape index (κ3) is 3.77. The smallest absolute Gasteiger partial charge is 0.118 e. The van der Waals surface area contributed by atoms with E-state index in [0.29, 0.717) is 5.56 Å². The summed E-state index contributed by atoms with van der Waals surface area (Å²) in [6.45, 7) is 0.742. The SMILES string of the molecule is COc1ccc(CN(C)c2ccc(CBr)cc2C#N)cc1. The first-order valence-corrected chi connectivity index (χ1v) is 7.73. The van der Waals surface area contributed by atoms with Crippen LogP contribution in [0.2, 0.25) is 0 Å². The molecule has 0 aliphatic heterocycles. The van der Waals surface area contributed by atoms with Crippen molar-refractivity contribution in [3.05, 3.63) is 59.2 Å². The lowest BCUT2D eigenvalue weighted by Gasteiger charge is -2.21. The van der Waals surface area contributed by atoms with E-state index in [2.05, 4.69) is 26.9 Å². The van der Waals surface area contributed by atoms with Gasteiger partial charge in [-0.2, -0.15) is 5.26 Å². The summed E-state index contributed by atoms with van der Waals surface area (Å²) in [5.41, 5.74) is 3.92. The van der Waals surface area contributed by atoms with Crippen LogP contribution in [0.1, 0.15) is 16.7 Å². The van der Waals surface area contributed by atoms with Crippen molar-refractivity contribution in [2.24, 2.45) is 0 Å². The molecule has 0 N–H and O–H groups in total. The molecule has 0 heterocycles. The second-order valence-corrected chi connectivity index (χ2v) is 5.36. The zero-order valence-corrected chi connectivity index (χ0v) is 13.7. The van der Waals surface area contributed by atoms with Crippen molar-refractivity contribution in [1.82, 2.24) is 0 Å². The van der Waals surface area contributed by atoms with Crippen LogP contribution in [0.3, 0.4) is 0 Å². The molecule has 0 saturated heterocycles. The van der Waals surface area contributed by atoms with Gasteiger partial charge in [0.2, 0.25) is 0 Å². The van der Waals surface area contributed by atoms with E-state index in [9.17, 15) is 5.26 Å². The molecule has 2 aromatic rings. The number of nitriles is 1. The molecule has 0 bridgehead atoms. The molecule has 0 unspecified atom stereocenters. The molecule has 0 spiro atoms. The molecular weight excluding hydrogens is 328 g/mol. The maximum atomic E-state index is 9.31. The molecule has 0 saturated carbocycles. The summed E-state index contributed by atoms with van der Waals surface area (Å²) in [6.07, 6.45) is 0. The number of nitrogens with zero attached hydrogens (tertiary/aromatic N) is 2. The highest BCUT2D eigenvalue weighted by molar-refractivity contribution is 9.08. The number of methoxy groups -OCH3 is 1. The van der Waals surface area contributed by atoms with E-state index < -0.39 is 0 Å². The van der Waals surface area contributed by atoms with Gasteiger partial charge in [0.1, 0.15) is 11.8 Å². The van der Waals surface area contributed by atoms with E-state index >= 15 is 0 Å². The van der Waals surface area contributed by atoms with Gasteiger partial charge in [-0.05, 0) is 35.4 Å². The van der Waals surface area contributed by atoms with E-state index in [1.807, 2.05) is 49.5 Å². The molecule has 0 amide bonds. The van der Waals surface area contributed by atoms with Crippen molar-refractivity contribution in [3.8, 4) is 11.8 Å². The van der Waals surface area contributed by atoms with Crippen molar-refractivity contribution in [2.45, 2.75) is 11.9 Å². The Kier molecular flexibility index (Phi) is 5.24. The first-order chi connectivity index (χ1) is 10.2. The summed E-state index contributed by atoms with van der Waals surface area (Å²) in [5, 5.41) is 10.1. The molecule has 0 aromatic heterocycles. The maximum Gasteiger partial charge on any atom is 0.118 e. The van der Waals surface area contributed by atoms with Crippen LogP contribution in [0.4, 0.5) is 5.69 Å². The van der Waals surface area contributed by atoms with Crippen LogP contribution >= 0.6 is 15.9 Å². The number of ether oxygens (including phenoxy) is 1. The van der Waals surface area contributed by atoms with E-state index in [1.165, 1.54) is 5.56 Å². The predicted molar refractivity (Wildman–Crippen MR) is 88.9 cm³/mol. The molecule has 0 aliphatic carbocycles. The van der Waals surface area contributed by atoms with Gasteiger partial charge in [-0.3, -0.25) is 0 Å². The second-order valence-electron chi connectivity index (χ2n) is 4.80. The van der Waals surface area contributed by atoms with Gasteiger partial charge in [0.25, 0.3) is 0 Å². The molecule has 0 radical (unpaired) electrons. The van der Waals surface area contributed by atoms with Crippen LogP contribution < -0.4 is 9.64 Å². The van der Waals surface area contributed by atoms with E-state index in [0.717, 1.165) is 28.9 Å². The lowest BCUT2D eigenvalue weighted by molar-refractivity contribution is 0.414. The highest BCUT2D eigenvalue weighted by Crippen LogP contribution is 2.23. The Hall–Kier alpha value is -1.99. The predicted octanol–water partition coefficient (Wildman–Crippen LogP) is 4.10. The van der Waals surface area contributed by atoms with E-state index in [1.54, 1.807) is 7.11 Å². The van der Waals surface area contributed by atoms with Gasteiger partial charge in [0, 0.05) is 18.9 Å². The largest absolute Gasteiger partial charge is 0.497 e. The van der Waals surface area contributed by atoms with Gasteiger partial charge in [0.15, 0.2) is 0 Å². The monoisotopic (exact) mass is 344 g/mol. The average molecular weight is 345 g/mol. The van der Waals surface area contributed by atoms with Crippen molar-refractivity contribution in [1.29, 1.82) is 5.26 Å². The number of halogens is 1. The van der Waals surface area contributed by atoms with Crippen molar-refractivity contribution < 1.29 is 4.74 Å². The highest BCUT2D eigenvalue weighted by Gasteiger charge is 2.09. The summed E-state index contributed by atoms with van der Waals surface area (Å²) in [7, 11) is 3.65. The van der Waals surface area contributed by atoms with Crippen LogP contribution in [0.5, 0.6) is 5.75 Å². The molecular formula is C17H17BrN2O. The Morgan fingerprint density at radius 2 is 1.81 bits per heavy atom. The van der Waals surface area contributed by atoms with Crippen molar-refractivity contribution in [2.75, 3.05) is 19.1 Å². The van der Waals surface area contributed by atoms with Crippen LogP contribution in [0, 0.1) is 11.3 Å². The minimum Gasteiger partial charge on any atom is -0.497 e. The lowest BCUT2D eigenvalue weighted by Crippen LogP contribution is -2.17. The molecule has 0 fully saturated rings. The topological polar surface area (TPSA) is 36.3 Å². The minimum absolute atomic E-state index is 0.697. The first-order valence-electron chi connectivity index (χ1n) is 6.61. The minimum atomic E-state index is 0.697. The number of benzene rings is 2. The summed E-state index contributed by atoms with van der Waals surface area (Å²) >= 11 is 3.41. The maximum absolute atomic E-state index is 9.31. The molecule has 2 rings (SSSR count). The fourth-order valence-corrected chi connectivity index (χ4v) is 2.53. The molecule has 0 aliphatic rings. The number of hydrogen-bond donors (Lipinski definition) is 0. The van der Waals surface area contributed by atoms with E-state index in [-0.39, 0.29) is 0 Å². The zero-order valence-electron chi connectivity index (χ0n) is 12.1. The molecule has 4 heteroatoms. The third-order valence-corrected chi connectivity index (χ3v) is 3.97. The van der Waals surface area contributed by atoms with Gasteiger partial charge in [0.05, 0.1) is 18.4 Å². The van der Waals surface area contributed by atoms with Crippen molar-refractivity contribution >= 4 is 21.6 Å². The Labute approximate surface area is 133 Å². The van der Waals surface area contributed by atoms with Crippen LogP contribution in [-0.2, 0) is 11.9 Å². The average Bonchev–Trinajstić information content (AvgIpc) is 2.54. The number of alkyl halides is 1. The number of anilines is 1. The van der Waals surface area contributed by atoms with Gasteiger partial charge in [-0.25, -0.2) is 0 Å². The quantitative estimate of drug-likeness (QED) is 0.766. The summed E-state index contributed by atoms with van der Waals surface area (Å²) in [6, 6.07) is 16.2. The zero-order chi connectivity index (χ0) is 15.2. The van der Waals surface area contributed by atoms with Gasteiger partial charge >= 0.3 is 0 Å². The van der Waals surface area contributed by atoms with Crippen LogP contribution in [0.25, 0.3) is 0 Å². The number of rotatable bonds is 5. The Morgan fingerprint density at radius 1 is 1.14 bits per heavy atom. The molecule has 3 nitrogen and oxygen atoms in total. The van der Waals surface area contributed by atoms with Crippen molar-refractivity contribution in [3.63, 3.8) is 0 Å². The standard InChI is InChI=1S/C17H17BrN2O/c1-20(12-13-3-6-16(21-2)7-4-13)17-8-5-14(10-18)9-15(17)11-19/h3-9H,10,12H2,1-2H3. The molecule has 108 valence electrons. The Bertz CT molecular complexity index is 647. The lowest BCUT2D eigenvalue weighted by atomic mass is 10.1. The summed E-state index contributed by atoms with van der Waals surface area (Å²) in [5.74, 6) is 0.848. The summed E-state index contributed by atoms with van der Waals surface area (Å²) < 4.78 is 5.16. The van der Waals surface area contributed by atoms with Gasteiger partial charge in [-0.15, -0.1) is 0 Å².